The van der Waals surface area contributed by atoms with Crippen molar-refractivity contribution < 1.29 is 10.2 Å². The number of phenols is 1. The lowest BCUT2D eigenvalue weighted by atomic mass is 10.0. The molecule has 0 fully saturated rings. The summed E-state index contributed by atoms with van der Waals surface area (Å²) in [5.41, 5.74) is 1.42. The number of aromatic hydroxyl groups is 1. The summed E-state index contributed by atoms with van der Waals surface area (Å²) in [6.45, 7) is 5.42. The predicted octanol–water partition coefficient (Wildman–Crippen LogP) is 2.63. The van der Waals surface area contributed by atoms with E-state index in [4.69, 9.17) is 0 Å². The molecule has 14 heavy (non-hydrogen) atoms. The second-order valence-electron chi connectivity index (χ2n) is 3.34. The van der Waals surface area contributed by atoms with Gasteiger partial charge in [0, 0.05) is 10.9 Å². The first-order valence-corrected chi connectivity index (χ1v) is 5.11. The topological polar surface area (TPSA) is 40.5 Å². The molecule has 0 aliphatic heterocycles. The Labute approximate surface area is 92.0 Å². The molecule has 3 heteroatoms. The van der Waals surface area contributed by atoms with Crippen LogP contribution in [0.2, 0.25) is 0 Å². The molecule has 0 bridgehead atoms. The van der Waals surface area contributed by atoms with E-state index in [9.17, 15) is 10.2 Å². The van der Waals surface area contributed by atoms with E-state index in [1.807, 2.05) is 0 Å². The van der Waals surface area contributed by atoms with Crippen LogP contribution in [0.5, 0.6) is 5.75 Å². The van der Waals surface area contributed by atoms with Crippen LogP contribution in [-0.2, 0) is 6.42 Å². The van der Waals surface area contributed by atoms with E-state index in [0.29, 0.717) is 12.0 Å². The van der Waals surface area contributed by atoms with Gasteiger partial charge < -0.3 is 10.2 Å². The molecule has 2 nitrogen and oxygen atoms in total. The molecule has 1 rings (SSSR count). The Hall–Kier alpha value is -0.800. The Morgan fingerprint density at radius 3 is 2.79 bits per heavy atom. The molecular formula is C11H13BrO2. The first kappa shape index (κ1) is 11.3. The van der Waals surface area contributed by atoms with Crippen LogP contribution in [0, 0.1) is 0 Å². The molecule has 76 valence electrons. The minimum Gasteiger partial charge on any atom is -0.508 e. The summed E-state index contributed by atoms with van der Waals surface area (Å²) in [5.74, 6) is 0.202. The van der Waals surface area contributed by atoms with E-state index in [0.717, 1.165) is 10.0 Å². The summed E-state index contributed by atoms with van der Waals surface area (Å²) >= 11 is 3.31. The number of benzene rings is 1. The second-order valence-corrected chi connectivity index (χ2v) is 4.25. The summed E-state index contributed by atoms with van der Waals surface area (Å²) in [5, 5.41) is 19.1. The zero-order valence-corrected chi connectivity index (χ0v) is 9.58. The van der Waals surface area contributed by atoms with Gasteiger partial charge in [0.2, 0.25) is 0 Å². The number of halogens is 1. The van der Waals surface area contributed by atoms with Gasteiger partial charge in [-0.15, -0.1) is 0 Å². The Bertz CT molecular complexity index is 347. The maximum atomic E-state index is 9.57. The maximum Gasteiger partial charge on any atom is 0.118 e. The smallest absolute Gasteiger partial charge is 0.118 e. The van der Waals surface area contributed by atoms with Gasteiger partial charge in [-0.2, -0.15) is 0 Å². The minimum atomic E-state index is -0.602. The lowest BCUT2D eigenvalue weighted by Gasteiger charge is -2.11. The quantitative estimate of drug-likeness (QED) is 0.817. The van der Waals surface area contributed by atoms with Gasteiger partial charge >= 0.3 is 0 Å². The van der Waals surface area contributed by atoms with Crippen LogP contribution >= 0.6 is 15.9 Å². The van der Waals surface area contributed by atoms with Crippen LogP contribution in [0.1, 0.15) is 12.5 Å². The van der Waals surface area contributed by atoms with Gasteiger partial charge in [0.25, 0.3) is 0 Å². The Balaban J connectivity index is 2.85. The number of rotatable bonds is 3. The fourth-order valence-corrected chi connectivity index (χ4v) is 1.51. The summed E-state index contributed by atoms with van der Waals surface area (Å²) < 4.78 is 0.888. The molecule has 1 aromatic carbocycles. The van der Waals surface area contributed by atoms with Crippen molar-refractivity contribution in [2.24, 2.45) is 0 Å². The molecule has 1 atom stereocenters. The molecule has 1 aromatic rings. The van der Waals surface area contributed by atoms with Crippen molar-refractivity contribution in [2.45, 2.75) is 19.4 Å². The number of phenolic OH excluding ortho intramolecular Hbond substituents is 1. The third-order valence-electron chi connectivity index (χ3n) is 2.02. The number of hydrogen-bond acceptors (Lipinski definition) is 2. The fraction of sp³-hybridized carbons (Fsp3) is 0.273. The highest BCUT2D eigenvalue weighted by Crippen LogP contribution is 2.23. The van der Waals surface area contributed by atoms with Gasteiger partial charge in [-0.3, -0.25) is 0 Å². The second kappa shape index (κ2) is 4.62. The minimum absolute atomic E-state index is 0.202. The largest absolute Gasteiger partial charge is 0.508 e. The molecule has 0 aliphatic carbocycles. The Morgan fingerprint density at radius 2 is 2.21 bits per heavy atom. The SMILES string of the molecule is C=C(C)C(O)Cc1cc(Br)ccc1O. The Kier molecular flexibility index (Phi) is 3.72. The van der Waals surface area contributed by atoms with Crippen molar-refractivity contribution >= 4 is 15.9 Å². The van der Waals surface area contributed by atoms with Crippen molar-refractivity contribution in [3.05, 3.63) is 40.4 Å². The first-order chi connectivity index (χ1) is 6.50. The first-order valence-electron chi connectivity index (χ1n) is 4.31. The molecular weight excluding hydrogens is 244 g/mol. The van der Waals surface area contributed by atoms with Gasteiger partial charge in [0.1, 0.15) is 5.75 Å². The standard InChI is InChI=1S/C11H13BrO2/c1-7(2)11(14)6-8-5-9(12)3-4-10(8)13/h3-5,11,13-14H,1,6H2,2H3. The zero-order valence-electron chi connectivity index (χ0n) is 8.00. The number of aliphatic hydroxyl groups is 1. The van der Waals surface area contributed by atoms with Gasteiger partial charge in [-0.1, -0.05) is 28.1 Å². The number of aliphatic hydroxyl groups excluding tert-OH is 1. The monoisotopic (exact) mass is 256 g/mol. The molecule has 1 unspecified atom stereocenters. The van der Waals surface area contributed by atoms with Crippen LogP contribution in [0.3, 0.4) is 0 Å². The van der Waals surface area contributed by atoms with E-state index in [2.05, 4.69) is 22.5 Å². The average Bonchev–Trinajstić information content (AvgIpc) is 2.11. The van der Waals surface area contributed by atoms with Gasteiger partial charge in [-0.25, -0.2) is 0 Å². The van der Waals surface area contributed by atoms with E-state index >= 15 is 0 Å². The molecule has 0 aromatic heterocycles. The highest BCUT2D eigenvalue weighted by atomic mass is 79.9. The molecule has 0 amide bonds. The summed E-state index contributed by atoms with van der Waals surface area (Å²) in [6, 6.07) is 5.15. The van der Waals surface area contributed by atoms with Crippen LogP contribution in [0.25, 0.3) is 0 Å². The van der Waals surface area contributed by atoms with Crippen molar-refractivity contribution in [3.8, 4) is 5.75 Å². The normalized spacial score (nSPS) is 12.5. The van der Waals surface area contributed by atoms with Crippen molar-refractivity contribution in [1.29, 1.82) is 0 Å². The molecule has 0 radical (unpaired) electrons. The third-order valence-corrected chi connectivity index (χ3v) is 2.52. The van der Waals surface area contributed by atoms with E-state index in [-0.39, 0.29) is 5.75 Å². The van der Waals surface area contributed by atoms with Crippen LogP contribution < -0.4 is 0 Å². The lowest BCUT2D eigenvalue weighted by molar-refractivity contribution is 0.210. The summed E-state index contributed by atoms with van der Waals surface area (Å²) in [7, 11) is 0. The fourth-order valence-electron chi connectivity index (χ4n) is 1.10. The van der Waals surface area contributed by atoms with Gasteiger partial charge in [0.15, 0.2) is 0 Å². The van der Waals surface area contributed by atoms with Crippen LogP contribution in [0.4, 0.5) is 0 Å². The maximum absolute atomic E-state index is 9.57. The van der Waals surface area contributed by atoms with Crippen molar-refractivity contribution in [2.75, 3.05) is 0 Å². The molecule has 0 heterocycles. The zero-order chi connectivity index (χ0) is 10.7. The average molecular weight is 257 g/mol. The van der Waals surface area contributed by atoms with Gasteiger partial charge in [-0.05, 0) is 30.7 Å². The highest BCUT2D eigenvalue weighted by molar-refractivity contribution is 9.10. The summed E-state index contributed by atoms with van der Waals surface area (Å²) in [6.07, 6.45) is -0.212. The van der Waals surface area contributed by atoms with Crippen molar-refractivity contribution in [3.63, 3.8) is 0 Å². The Morgan fingerprint density at radius 1 is 1.57 bits per heavy atom. The van der Waals surface area contributed by atoms with E-state index < -0.39 is 6.10 Å². The molecule has 0 saturated heterocycles. The summed E-state index contributed by atoms with van der Waals surface area (Å²) in [4.78, 5) is 0. The number of hydrogen-bond donors (Lipinski definition) is 2. The van der Waals surface area contributed by atoms with Gasteiger partial charge in [0.05, 0.1) is 6.10 Å². The molecule has 0 spiro atoms. The lowest BCUT2D eigenvalue weighted by Crippen LogP contribution is -2.11. The highest BCUT2D eigenvalue weighted by Gasteiger charge is 2.09. The van der Waals surface area contributed by atoms with Crippen LogP contribution in [-0.4, -0.2) is 16.3 Å². The molecule has 0 saturated carbocycles. The van der Waals surface area contributed by atoms with Crippen LogP contribution in [0.15, 0.2) is 34.8 Å². The molecule has 2 N–H and O–H groups in total. The van der Waals surface area contributed by atoms with Crippen molar-refractivity contribution in [1.82, 2.24) is 0 Å². The van der Waals surface area contributed by atoms with E-state index in [1.54, 1.807) is 25.1 Å². The van der Waals surface area contributed by atoms with E-state index in [1.165, 1.54) is 0 Å². The third kappa shape index (κ3) is 2.86. The molecule has 0 aliphatic rings. The predicted molar refractivity (Wildman–Crippen MR) is 60.3 cm³/mol.